The van der Waals surface area contributed by atoms with E-state index in [-0.39, 0.29) is 0 Å². The smallest absolute Gasteiger partial charge is 0.277 e. The Hall–Kier alpha value is -2.22. The molecule has 8 heteroatoms. The predicted octanol–water partition coefficient (Wildman–Crippen LogP) is 2.73. The second-order valence-electron chi connectivity index (χ2n) is 4.85. The van der Waals surface area contributed by atoms with Crippen molar-refractivity contribution in [3.8, 4) is 11.5 Å². The number of hydrogen-bond donors (Lipinski definition) is 0. The summed E-state index contributed by atoms with van der Waals surface area (Å²) < 4.78 is 7.47. The van der Waals surface area contributed by atoms with E-state index in [2.05, 4.69) is 32.6 Å². The minimum Gasteiger partial charge on any atom is -0.411 e. The summed E-state index contributed by atoms with van der Waals surface area (Å²) >= 11 is 1.43. The van der Waals surface area contributed by atoms with E-state index in [4.69, 9.17) is 4.42 Å². The van der Waals surface area contributed by atoms with Crippen LogP contribution in [0.1, 0.15) is 24.7 Å². The minimum absolute atomic E-state index is 0.515. The fraction of sp³-hybridized carbons (Fsp3) is 0.357. The van der Waals surface area contributed by atoms with E-state index in [1.54, 1.807) is 4.68 Å². The van der Waals surface area contributed by atoms with E-state index >= 15 is 0 Å². The highest BCUT2D eigenvalue weighted by Gasteiger charge is 2.11. The Morgan fingerprint density at radius 2 is 1.95 bits per heavy atom. The van der Waals surface area contributed by atoms with Crippen molar-refractivity contribution in [2.24, 2.45) is 0 Å². The third kappa shape index (κ3) is 3.33. The van der Waals surface area contributed by atoms with Crippen LogP contribution in [0.2, 0.25) is 0 Å². The lowest BCUT2D eigenvalue weighted by atomic mass is 10.1. The maximum atomic E-state index is 5.67. The first-order valence-electron chi connectivity index (χ1n) is 7.04. The van der Waals surface area contributed by atoms with Gasteiger partial charge in [-0.3, -0.25) is 0 Å². The summed E-state index contributed by atoms with van der Waals surface area (Å²) in [6.07, 6.45) is 0.987. The van der Waals surface area contributed by atoms with Crippen molar-refractivity contribution in [3.63, 3.8) is 0 Å². The fourth-order valence-corrected chi connectivity index (χ4v) is 2.62. The van der Waals surface area contributed by atoms with Crippen molar-refractivity contribution in [3.05, 3.63) is 35.7 Å². The Kier molecular flexibility index (Phi) is 4.47. The van der Waals surface area contributed by atoms with Crippen molar-refractivity contribution in [2.75, 3.05) is 0 Å². The van der Waals surface area contributed by atoms with Crippen LogP contribution in [0.5, 0.6) is 0 Å². The maximum Gasteiger partial charge on any atom is 0.277 e. The first-order chi connectivity index (χ1) is 10.8. The molecule has 0 spiro atoms. The van der Waals surface area contributed by atoms with Crippen molar-refractivity contribution < 1.29 is 4.42 Å². The molecule has 0 radical (unpaired) electrons. The Morgan fingerprint density at radius 3 is 2.73 bits per heavy atom. The average molecular weight is 316 g/mol. The quantitative estimate of drug-likeness (QED) is 0.646. The number of thioether (sulfide) groups is 1. The van der Waals surface area contributed by atoms with Crippen molar-refractivity contribution >= 4 is 11.8 Å². The van der Waals surface area contributed by atoms with Gasteiger partial charge in [-0.2, -0.15) is 0 Å². The molecule has 0 saturated carbocycles. The van der Waals surface area contributed by atoms with Crippen LogP contribution in [0.4, 0.5) is 0 Å². The molecule has 0 unspecified atom stereocenters. The van der Waals surface area contributed by atoms with Gasteiger partial charge in [0, 0.05) is 12.1 Å². The van der Waals surface area contributed by atoms with Crippen LogP contribution >= 0.6 is 11.8 Å². The first-order valence-corrected chi connectivity index (χ1v) is 8.03. The third-order valence-corrected chi connectivity index (χ3v) is 3.89. The van der Waals surface area contributed by atoms with Gasteiger partial charge in [0.2, 0.25) is 5.89 Å². The van der Waals surface area contributed by atoms with Gasteiger partial charge >= 0.3 is 0 Å². The van der Waals surface area contributed by atoms with Crippen LogP contribution in [0.15, 0.2) is 33.9 Å². The van der Waals surface area contributed by atoms with Crippen LogP contribution in [0.3, 0.4) is 0 Å². The predicted molar refractivity (Wildman–Crippen MR) is 82.1 cm³/mol. The van der Waals surface area contributed by atoms with Crippen molar-refractivity contribution in [1.29, 1.82) is 0 Å². The molecule has 0 fully saturated rings. The van der Waals surface area contributed by atoms with E-state index in [0.717, 1.165) is 24.4 Å². The fourth-order valence-electron chi connectivity index (χ4n) is 1.92. The molecule has 2 heterocycles. The molecule has 3 aromatic rings. The molecule has 0 atom stereocenters. The van der Waals surface area contributed by atoms with Crippen LogP contribution in [-0.2, 0) is 12.3 Å². The zero-order chi connectivity index (χ0) is 15.4. The van der Waals surface area contributed by atoms with Gasteiger partial charge in [0.25, 0.3) is 5.22 Å². The lowest BCUT2D eigenvalue weighted by Gasteiger charge is -2.00. The Morgan fingerprint density at radius 1 is 1.14 bits per heavy atom. The Balaban J connectivity index is 1.67. The Labute approximate surface area is 132 Å². The van der Waals surface area contributed by atoms with Crippen LogP contribution in [-0.4, -0.2) is 30.4 Å². The van der Waals surface area contributed by atoms with Gasteiger partial charge in [-0.1, -0.05) is 36.4 Å². The second-order valence-corrected chi connectivity index (χ2v) is 5.77. The molecule has 0 aliphatic heterocycles. The molecule has 1 aromatic carbocycles. The van der Waals surface area contributed by atoms with Crippen LogP contribution < -0.4 is 0 Å². The summed E-state index contributed by atoms with van der Waals surface area (Å²) in [5.74, 6) is 1.93. The molecule has 0 N–H and O–H groups in total. The van der Waals surface area contributed by atoms with E-state index in [1.807, 2.05) is 31.2 Å². The van der Waals surface area contributed by atoms with E-state index in [1.165, 1.54) is 17.3 Å². The molecule has 0 aliphatic carbocycles. The lowest BCUT2D eigenvalue weighted by molar-refractivity contribution is 0.465. The topological polar surface area (TPSA) is 82.5 Å². The lowest BCUT2D eigenvalue weighted by Crippen LogP contribution is -2.04. The average Bonchev–Trinajstić information content (AvgIpc) is 3.16. The van der Waals surface area contributed by atoms with Gasteiger partial charge in [0.15, 0.2) is 5.82 Å². The molecular formula is C14H16N6OS. The second kappa shape index (κ2) is 6.69. The largest absolute Gasteiger partial charge is 0.411 e. The number of hydrogen-bond acceptors (Lipinski definition) is 7. The summed E-state index contributed by atoms with van der Waals surface area (Å²) in [7, 11) is 0. The van der Waals surface area contributed by atoms with Gasteiger partial charge in [-0.25, -0.2) is 4.68 Å². The molecular weight excluding hydrogens is 300 g/mol. The summed E-state index contributed by atoms with van der Waals surface area (Å²) in [5, 5.41) is 20.3. The van der Waals surface area contributed by atoms with Crippen LogP contribution in [0, 0.1) is 6.92 Å². The van der Waals surface area contributed by atoms with Gasteiger partial charge in [0.05, 0.1) is 5.75 Å². The standard InChI is InChI=1S/C14H16N6OS/c1-3-8-20-12(15-18-19-20)9-22-14-17-16-13(21-14)11-6-4-10(2)5-7-11/h4-7H,3,8-9H2,1-2H3. The van der Waals surface area contributed by atoms with Crippen molar-refractivity contribution in [1.82, 2.24) is 30.4 Å². The highest BCUT2D eigenvalue weighted by atomic mass is 32.2. The van der Waals surface area contributed by atoms with Gasteiger partial charge in [0.1, 0.15) is 0 Å². The molecule has 2 aromatic heterocycles. The van der Waals surface area contributed by atoms with Crippen LogP contribution in [0.25, 0.3) is 11.5 Å². The van der Waals surface area contributed by atoms with E-state index in [0.29, 0.717) is 16.9 Å². The minimum atomic E-state index is 0.515. The highest BCUT2D eigenvalue weighted by Crippen LogP contribution is 2.25. The monoisotopic (exact) mass is 316 g/mol. The molecule has 114 valence electrons. The summed E-state index contributed by atoms with van der Waals surface area (Å²) in [4.78, 5) is 0. The summed E-state index contributed by atoms with van der Waals surface area (Å²) in [6, 6.07) is 7.98. The maximum absolute atomic E-state index is 5.67. The molecule has 0 saturated heterocycles. The van der Waals surface area contributed by atoms with E-state index < -0.39 is 0 Å². The number of rotatable bonds is 6. The number of nitrogens with zero attached hydrogens (tertiary/aromatic N) is 6. The summed E-state index contributed by atoms with van der Waals surface area (Å²) in [5.41, 5.74) is 2.11. The SMILES string of the molecule is CCCn1nnnc1CSc1nnc(-c2ccc(C)cc2)o1. The Bertz CT molecular complexity index is 736. The zero-order valence-corrected chi connectivity index (χ0v) is 13.2. The molecule has 0 bridgehead atoms. The van der Waals surface area contributed by atoms with Gasteiger partial charge in [-0.05, 0) is 35.9 Å². The molecule has 0 amide bonds. The zero-order valence-electron chi connectivity index (χ0n) is 12.4. The van der Waals surface area contributed by atoms with Gasteiger partial charge < -0.3 is 4.42 Å². The molecule has 3 rings (SSSR count). The molecule has 0 aliphatic rings. The number of aromatic nitrogens is 6. The first kappa shape index (κ1) is 14.7. The summed E-state index contributed by atoms with van der Waals surface area (Å²) in [6.45, 7) is 4.94. The highest BCUT2D eigenvalue weighted by molar-refractivity contribution is 7.98. The van der Waals surface area contributed by atoms with Crippen molar-refractivity contribution in [2.45, 2.75) is 37.8 Å². The van der Waals surface area contributed by atoms with E-state index in [9.17, 15) is 0 Å². The molecule has 22 heavy (non-hydrogen) atoms. The molecule has 7 nitrogen and oxygen atoms in total. The normalized spacial score (nSPS) is 11.0. The van der Waals surface area contributed by atoms with Gasteiger partial charge in [-0.15, -0.1) is 15.3 Å². The number of aryl methyl sites for hydroxylation is 2. The third-order valence-electron chi connectivity index (χ3n) is 3.07. The number of benzene rings is 1. The number of tetrazole rings is 1.